The van der Waals surface area contributed by atoms with Gasteiger partial charge >= 0.3 is 11.9 Å². The van der Waals surface area contributed by atoms with Gasteiger partial charge in [0, 0.05) is 0 Å². The number of carbonyl (C=O) groups excluding carboxylic acids is 2. The van der Waals surface area contributed by atoms with E-state index in [1.165, 1.54) is 44.9 Å². The molecule has 0 spiro atoms. The monoisotopic (exact) mass is 382 g/mol. The molecule has 0 N–H and O–H groups in total. The zero-order valence-corrected chi connectivity index (χ0v) is 18.0. The van der Waals surface area contributed by atoms with Crippen LogP contribution in [0.5, 0.6) is 0 Å². The topological polar surface area (TPSA) is 52.6 Å². The quantitative estimate of drug-likeness (QED) is 0.270. The minimum absolute atomic E-state index is 0.0264. The molecule has 1 saturated carbocycles. The Morgan fingerprint density at radius 3 is 1.67 bits per heavy atom. The average molecular weight is 383 g/mol. The second-order valence-electron chi connectivity index (χ2n) is 8.48. The molecule has 0 bridgehead atoms. The first kappa shape index (κ1) is 24.0. The highest BCUT2D eigenvalue weighted by atomic mass is 16.5. The summed E-state index contributed by atoms with van der Waals surface area (Å²) < 4.78 is 10.5. The van der Waals surface area contributed by atoms with E-state index in [4.69, 9.17) is 9.47 Å². The van der Waals surface area contributed by atoms with E-state index < -0.39 is 0 Å². The lowest BCUT2D eigenvalue weighted by Gasteiger charge is -2.25. The lowest BCUT2D eigenvalue weighted by atomic mass is 9.82. The second-order valence-corrected chi connectivity index (χ2v) is 8.48. The van der Waals surface area contributed by atoms with Crippen molar-refractivity contribution in [2.24, 2.45) is 17.8 Å². The number of rotatable bonds is 14. The van der Waals surface area contributed by atoms with Crippen LogP contribution in [0, 0.1) is 17.8 Å². The summed E-state index contributed by atoms with van der Waals surface area (Å²) in [7, 11) is 0. The largest absolute Gasteiger partial charge is 0.466 e. The van der Waals surface area contributed by atoms with Gasteiger partial charge in [0.1, 0.15) is 0 Å². The van der Waals surface area contributed by atoms with E-state index in [2.05, 4.69) is 13.8 Å². The molecular formula is C23H42O4. The summed E-state index contributed by atoms with van der Waals surface area (Å²) in [5.74, 6) is 0.605. The van der Waals surface area contributed by atoms with Crippen LogP contribution < -0.4 is 0 Å². The van der Waals surface area contributed by atoms with Gasteiger partial charge in [0.05, 0.1) is 25.0 Å². The zero-order valence-electron chi connectivity index (χ0n) is 18.0. The summed E-state index contributed by atoms with van der Waals surface area (Å²) in [5, 5.41) is 0. The van der Waals surface area contributed by atoms with Crippen molar-refractivity contribution in [2.45, 2.75) is 104 Å². The molecule has 0 unspecified atom stereocenters. The van der Waals surface area contributed by atoms with Crippen molar-refractivity contribution in [3.63, 3.8) is 0 Å². The van der Waals surface area contributed by atoms with Crippen molar-refractivity contribution in [3.8, 4) is 0 Å². The fourth-order valence-corrected chi connectivity index (χ4v) is 3.83. The van der Waals surface area contributed by atoms with Gasteiger partial charge in [-0.1, -0.05) is 65.2 Å². The molecule has 4 heteroatoms. The van der Waals surface area contributed by atoms with Crippen LogP contribution in [0.3, 0.4) is 0 Å². The highest BCUT2D eigenvalue weighted by Gasteiger charge is 2.31. The normalized spacial score (nSPS) is 19.9. The van der Waals surface area contributed by atoms with E-state index in [9.17, 15) is 9.59 Å². The molecule has 0 saturated heterocycles. The molecule has 158 valence electrons. The van der Waals surface area contributed by atoms with Crippen molar-refractivity contribution < 1.29 is 19.1 Å². The Kier molecular flexibility index (Phi) is 13.3. The minimum Gasteiger partial charge on any atom is -0.466 e. The van der Waals surface area contributed by atoms with Crippen molar-refractivity contribution in [2.75, 3.05) is 13.2 Å². The molecule has 1 aliphatic carbocycles. The number of ether oxygens (including phenoxy) is 2. The summed E-state index contributed by atoms with van der Waals surface area (Å²) in [5.41, 5.74) is 0. The van der Waals surface area contributed by atoms with Gasteiger partial charge in [-0.2, -0.15) is 0 Å². The van der Waals surface area contributed by atoms with Gasteiger partial charge in [-0.25, -0.2) is 0 Å². The lowest BCUT2D eigenvalue weighted by molar-refractivity contribution is -0.155. The first-order valence-corrected chi connectivity index (χ1v) is 11.4. The van der Waals surface area contributed by atoms with Gasteiger partial charge < -0.3 is 9.47 Å². The number of esters is 2. The SMILES string of the molecule is CCOC(=O)C1CCC(C(=O)OCCCCCCCCCCC(C)C)CC1. The summed E-state index contributed by atoms with van der Waals surface area (Å²) in [4.78, 5) is 23.9. The molecule has 0 radical (unpaired) electrons. The Hall–Kier alpha value is -1.06. The van der Waals surface area contributed by atoms with E-state index in [-0.39, 0.29) is 23.8 Å². The zero-order chi connectivity index (χ0) is 19.9. The Labute approximate surface area is 166 Å². The minimum atomic E-state index is -0.107. The van der Waals surface area contributed by atoms with Crippen LogP contribution in [0.1, 0.15) is 104 Å². The van der Waals surface area contributed by atoms with Gasteiger partial charge in [-0.15, -0.1) is 0 Å². The van der Waals surface area contributed by atoms with Crippen LogP contribution in [0.4, 0.5) is 0 Å². The third-order valence-corrected chi connectivity index (χ3v) is 5.60. The Bertz CT molecular complexity index is 397. The van der Waals surface area contributed by atoms with Crippen LogP contribution in [-0.2, 0) is 19.1 Å². The number of hydrogen-bond acceptors (Lipinski definition) is 4. The fraction of sp³-hybridized carbons (Fsp3) is 0.913. The molecule has 4 nitrogen and oxygen atoms in total. The molecule has 0 aromatic rings. The van der Waals surface area contributed by atoms with Gasteiger partial charge in [-0.3, -0.25) is 9.59 Å². The molecule has 0 aliphatic heterocycles. The van der Waals surface area contributed by atoms with Gasteiger partial charge in [-0.05, 0) is 44.9 Å². The van der Waals surface area contributed by atoms with E-state index in [1.807, 2.05) is 6.92 Å². The van der Waals surface area contributed by atoms with Crippen molar-refractivity contribution in [1.29, 1.82) is 0 Å². The van der Waals surface area contributed by atoms with E-state index in [0.717, 1.165) is 44.4 Å². The van der Waals surface area contributed by atoms with Crippen molar-refractivity contribution in [3.05, 3.63) is 0 Å². The summed E-state index contributed by atoms with van der Waals surface area (Å²) >= 11 is 0. The van der Waals surface area contributed by atoms with Crippen LogP contribution in [-0.4, -0.2) is 25.2 Å². The van der Waals surface area contributed by atoms with Gasteiger partial charge in [0.2, 0.25) is 0 Å². The fourth-order valence-electron chi connectivity index (χ4n) is 3.83. The van der Waals surface area contributed by atoms with Crippen molar-refractivity contribution >= 4 is 11.9 Å². The third-order valence-electron chi connectivity index (χ3n) is 5.60. The third kappa shape index (κ3) is 11.4. The molecule has 0 heterocycles. The Balaban J connectivity index is 1.94. The molecule has 1 fully saturated rings. The van der Waals surface area contributed by atoms with E-state index in [1.54, 1.807) is 0 Å². The molecule has 0 aromatic heterocycles. The molecule has 0 atom stereocenters. The van der Waals surface area contributed by atoms with E-state index >= 15 is 0 Å². The summed E-state index contributed by atoms with van der Waals surface area (Å²) in [6.45, 7) is 7.39. The van der Waals surface area contributed by atoms with E-state index in [0.29, 0.717) is 13.2 Å². The highest BCUT2D eigenvalue weighted by Crippen LogP contribution is 2.30. The molecule has 1 rings (SSSR count). The first-order chi connectivity index (χ1) is 13.0. The molecular weight excluding hydrogens is 340 g/mol. The predicted octanol–water partition coefficient (Wildman–Crippen LogP) is 6.07. The number of unbranched alkanes of at least 4 members (excludes halogenated alkanes) is 7. The highest BCUT2D eigenvalue weighted by molar-refractivity contribution is 5.75. The van der Waals surface area contributed by atoms with Gasteiger partial charge in [0.25, 0.3) is 0 Å². The number of hydrogen-bond donors (Lipinski definition) is 0. The summed E-state index contributed by atoms with van der Waals surface area (Å²) in [6, 6.07) is 0. The Morgan fingerprint density at radius 2 is 1.19 bits per heavy atom. The maximum Gasteiger partial charge on any atom is 0.308 e. The second kappa shape index (κ2) is 14.9. The molecule has 0 aromatic carbocycles. The number of carbonyl (C=O) groups is 2. The Morgan fingerprint density at radius 1 is 0.741 bits per heavy atom. The molecule has 1 aliphatic rings. The van der Waals surface area contributed by atoms with Crippen LogP contribution in [0.2, 0.25) is 0 Å². The van der Waals surface area contributed by atoms with Crippen molar-refractivity contribution in [1.82, 2.24) is 0 Å². The predicted molar refractivity (Wildman–Crippen MR) is 109 cm³/mol. The maximum absolute atomic E-state index is 12.1. The average Bonchev–Trinajstić information content (AvgIpc) is 2.66. The summed E-state index contributed by atoms with van der Waals surface area (Å²) in [6.07, 6.45) is 14.4. The first-order valence-electron chi connectivity index (χ1n) is 11.4. The van der Waals surface area contributed by atoms with Crippen LogP contribution in [0.15, 0.2) is 0 Å². The maximum atomic E-state index is 12.1. The molecule has 27 heavy (non-hydrogen) atoms. The van der Waals surface area contributed by atoms with Crippen LogP contribution in [0.25, 0.3) is 0 Å². The van der Waals surface area contributed by atoms with Gasteiger partial charge in [0.15, 0.2) is 0 Å². The lowest BCUT2D eigenvalue weighted by Crippen LogP contribution is -2.28. The standard InChI is InChI=1S/C23H42O4/c1-4-26-22(24)20-14-16-21(17-15-20)23(25)27-18-12-10-8-6-5-7-9-11-13-19(2)3/h19-21H,4-18H2,1-3H3. The smallest absolute Gasteiger partial charge is 0.308 e. The van der Waals surface area contributed by atoms with Crippen LogP contribution >= 0.6 is 0 Å². The molecule has 0 amide bonds.